The molecular formula is C17H13BrF3N3O4. The second kappa shape index (κ2) is 9.31. The minimum absolute atomic E-state index is 0.112. The first-order valence-corrected chi connectivity index (χ1v) is 8.51. The summed E-state index contributed by atoms with van der Waals surface area (Å²) in [5.41, 5.74) is -0.472. The Hall–Kier alpha value is -2.95. The van der Waals surface area contributed by atoms with Crippen LogP contribution in [0.2, 0.25) is 0 Å². The molecule has 7 nitrogen and oxygen atoms in total. The van der Waals surface area contributed by atoms with Crippen molar-refractivity contribution in [2.75, 3.05) is 11.9 Å². The standard InChI is InChI=1S/C17H13BrF3N3O4/c1-8(28-17(27)9-4-10(18)6-22-5-9)16(26)23-7-13(25)24-12-3-2-11(19)14(20)15(12)21/h2-6,8H,7H2,1H3,(H,23,26)(H,24,25). The molecule has 0 saturated carbocycles. The molecular weight excluding hydrogens is 447 g/mol. The van der Waals surface area contributed by atoms with Crippen LogP contribution in [0.15, 0.2) is 35.1 Å². The molecule has 2 amide bonds. The van der Waals surface area contributed by atoms with E-state index in [1.54, 1.807) is 0 Å². The first-order valence-electron chi connectivity index (χ1n) is 7.71. The van der Waals surface area contributed by atoms with Crippen molar-refractivity contribution >= 4 is 39.4 Å². The molecule has 1 unspecified atom stereocenters. The van der Waals surface area contributed by atoms with Crippen LogP contribution in [0.3, 0.4) is 0 Å². The Bertz CT molecular complexity index is 927. The highest BCUT2D eigenvalue weighted by Gasteiger charge is 2.20. The number of halogens is 4. The van der Waals surface area contributed by atoms with E-state index in [0.29, 0.717) is 10.5 Å². The van der Waals surface area contributed by atoms with Gasteiger partial charge in [-0.1, -0.05) is 0 Å². The fourth-order valence-electron chi connectivity index (χ4n) is 1.93. The third-order valence-corrected chi connectivity index (χ3v) is 3.76. The third-order valence-electron chi connectivity index (χ3n) is 3.33. The fourth-order valence-corrected chi connectivity index (χ4v) is 2.30. The van der Waals surface area contributed by atoms with Gasteiger partial charge in [-0.2, -0.15) is 0 Å². The number of hydrogen-bond donors (Lipinski definition) is 2. The number of rotatable bonds is 6. The summed E-state index contributed by atoms with van der Waals surface area (Å²) >= 11 is 3.14. The van der Waals surface area contributed by atoms with Crippen molar-refractivity contribution in [2.45, 2.75) is 13.0 Å². The molecule has 11 heteroatoms. The Morgan fingerprint density at radius 3 is 2.57 bits per heavy atom. The molecule has 148 valence electrons. The van der Waals surface area contributed by atoms with Crippen LogP contribution in [0.1, 0.15) is 17.3 Å². The molecule has 0 saturated heterocycles. The van der Waals surface area contributed by atoms with Crippen molar-refractivity contribution in [1.29, 1.82) is 0 Å². The van der Waals surface area contributed by atoms with Gasteiger partial charge >= 0.3 is 5.97 Å². The topological polar surface area (TPSA) is 97.4 Å². The Kier molecular flexibility index (Phi) is 7.10. The van der Waals surface area contributed by atoms with Gasteiger partial charge in [0.2, 0.25) is 5.91 Å². The average Bonchev–Trinajstić information content (AvgIpc) is 2.66. The number of ether oxygens (including phenoxy) is 1. The van der Waals surface area contributed by atoms with Gasteiger partial charge in [0.05, 0.1) is 17.8 Å². The highest BCUT2D eigenvalue weighted by Crippen LogP contribution is 2.19. The molecule has 0 aliphatic carbocycles. The molecule has 0 radical (unpaired) electrons. The van der Waals surface area contributed by atoms with Crippen molar-refractivity contribution in [3.05, 3.63) is 58.1 Å². The number of nitrogens with zero attached hydrogens (tertiary/aromatic N) is 1. The summed E-state index contributed by atoms with van der Waals surface area (Å²) in [6.45, 7) is 0.670. The van der Waals surface area contributed by atoms with Crippen LogP contribution in [0.25, 0.3) is 0 Å². The maximum absolute atomic E-state index is 13.5. The van der Waals surface area contributed by atoms with Crippen LogP contribution in [0.4, 0.5) is 18.9 Å². The first kappa shape index (κ1) is 21.4. The van der Waals surface area contributed by atoms with Gasteiger partial charge < -0.3 is 15.4 Å². The number of esters is 1. The van der Waals surface area contributed by atoms with Crippen LogP contribution in [0.5, 0.6) is 0 Å². The number of nitrogens with one attached hydrogen (secondary N) is 2. The number of pyridine rings is 1. The van der Waals surface area contributed by atoms with Gasteiger partial charge in [-0.3, -0.25) is 14.6 Å². The SMILES string of the molecule is CC(OC(=O)c1cncc(Br)c1)C(=O)NCC(=O)Nc1ccc(F)c(F)c1F. The summed E-state index contributed by atoms with van der Waals surface area (Å²) in [5, 5.41) is 4.16. The molecule has 2 aromatic rings. The maximum atomic E-state index is 13.5. The van der Waals surface area contributed by atoms with Gasteiger partial charge in [-0.25, -0.2) is 18.0 Å². The molecule has 28 heavy (non-hydrogen) atoms. The Balaban J connectivity index is 1.86. The third kappa shape index (κ3) is 5.52. The summed E-state index contributed by atoms with van der Waals surface area (Å²) in [6, 6.07) is 2.93. The first-order chi connectivity index (χ1) is 13.2. The van der Waals surface area contributed by atoms with E-state index in [4.69, 9.17) is 4.74 Å². The van der Waals surface area contributed by atoms with E-state index >= 15 is 0 Å². The molecule has 0 aliphatic rings. The molecule has 1 heterocycles. The van der Waals surface area contributed by atoms with Gasteiger partial charge in [0.1, 0.15) is 0 Å². The van der Waals surface area contributed by atoms with E-state index in [1.165, 1.54) is 25.4 Å². The van der Waals surface area contributed by atoms with E-state index < -0.39 is 53.6 Å². The van der Waals surface area contributed by atoms with Crippen LogP contribution >= 0.6 is 15.9 Å². The number of benzene rings is 1. The van der Waals surface area contributed by atoms with E-state index in [1.807, 2.05) is 5.32 Å². The van der Waals surface area contributed by atoms with Crippen molar-refractivity contribution in [1.82, 2.24) is 10.3 Å². The van der Waals surface area contributed by atoms with Gasteiger partial charge in [0.15, 0.2) is 23.6 Å². The van der Waals surface area contributed by atoms with Crippen LogP contribution in [0, 0.1) is 17.5 Å². The van der Waals surface area contributed by atoms with E-state index in [-0.39, 0.29) is 5.56 Å². The summed E-state index contributed by atoms with van der Waals surface area (Å²) in [6.07, 6.45) is 1.47. The van der Waals surface area contributed by atoms with Crippen molar-refractivity contribution < 1.29 is 32.3 Å². The molecule has 0 bridgehead atoms. The second-order valence-corrected chi connectivity index (χ2v) is 6.34. The zero-order valence-corrected chi connectivity index (χ0v) is 15.8. The average molecular weight is 460 g/mol. The van der Waals surface area contributed by atoms with Crippen LogP contribution < -0.4 is 10.6 Å². The van der Waals surface area contributed by atoms with E-state index in [0.717, 1.165) is 6.07 Å². The van der Waals surface area contributed by atoms with Crippen molar-refractivity contribution in [2.24, 2.45) is 0 Å². The predicted molar refractivity (Wildman–Crippen MR) is 94.8 cm³/mol. The summed E-state index contributed by atoms with van der Waals surface area (Å²) in [5.74, 6) is -7.19. The van der Waals surface area contributed by atoms with E-state index in [2.05, 4.69) is 26.2 Å². The highest BCUT2D eigenvalue weighted by atomic mass is 79.9. The Labute approximate surface area is 165 Å². The maximum Gasteiger partial charge on any atom is 0.340 e. The van der Waals surface area contributed by atoms with Gasteiger partial charge in [0.25, 0.3) is 5.91 Å². The monoisotopic (exact) mass is 459 g/mol. The lowest BCUT2D eigenvalue weighted by atomic mass is 10.2. The number of aromatic nitrogens is 1. The predicted octanol–water partition coefficient (Wildman–Crippen LogP) is 2.56. The molecule has 2 rings (SSSR count). The highest BCUT2D eigenvalue weighted by molar-refractivity contribution is 9.10. The summed E-state index contributed by atoms with van der Waals surface area (Å²) in [4.78, 5) is 39.4. The Morgan fingerprint density at radius 2 is 1.89 bits per heavy atom. The van der Waals surface area contributed by atoms with Crippen LogP contribution in [-0.2, 0) is 14.3 Å². The smallest absolute Gasteiger partial charge is 0.340 e. The lowest BCUT2D eigenvalue weighted by molar-refractivity contribution is -0.130. The largest absolute Gasteiger partial charge is 0.449 e. The molecule has 0 spiro atoms. The molecule has 2 N–H and O–H groups in total. The number of carbonyl (C=O) groups is 3. The minimum atomic E-state index is -1.73. The molecule has 0 aliphatic heterocycles. The Morgan fingerprint density at radius 1 is 1.18 bits per heavy atom. The summed E-state index contributed by atoms with van der Waals surface area (Å²) < 4.78 is 45.0. The second-order valence-electron chi connectivity index (χ2n) is 5.43. The van der Waals surface area contributed by atoms with E-state index in [9.17, 15) is 27.6 Å². The number of amides is 2. The number of carbonyl (C=O) groups excluding carboxylic acids is 3. The lowest BCUT2D eigenvalue weighted by Gasteiger charge is -2.13. The minimum Gasteiger partial charge on any atom is -0.449 e. The van der Waals surface area contributed by atoms with Crippen molar-refractivity contribution in [3.63, 3.8) is 0 Å². The molecule has 0 fully saturated rings. The summed E-state index contributed by atoms with van der Waals surface area (Å²) in [7, 11) is 0. The van der Waals surface area contributed by atoms with Gasteiger partial charge in [0, 0.05) is 16.9 Å². The fraction of sp³-hybridized carbons (Fsp3) is 0.176. The van der Waals surface area contributed by atoms with Gasteiger partial charge in [-0.05, 0) is 41.1 Å². The number of anilines is 1. The normalized spacial score (nSPS) is 11.5. The molecule has 1 aromatic carbocycles. The number of hydrogen-bond acceptors (Lipinski definition) is 5. The zero-order valence-electron chi connectivity index (χ0n) is 14.3. The van der Waals surface area contributed by atoms with Gasteiger partial charge in [-0.15, -0.1) is 0 Å². The van der Waals surface area contributed by atoms with Crippen molar-refractivity contribution in [3.8, 4) is 0 Å². The quantitative estimate of drug-likeness (QED) is 0.511. The molecule has 1 atom stereocenters. The lowest BCUT2D eigenvalue weighted by Crippen LogP contribution is -2.40. The van der Waals surface area contributed by atoms with Crippen LogP contribution in [-0.4, -0.2) is 35.4 Å². The molecule has 1 aromatic heterocycles. The zero-order chi connectivity index (χ0) is 20.8.